The van der Waals surface area contributed by atoms with Crippen LogP contribution in [0.2, 0.25) is 0 Å². The minimum absolute atomic E-state index is 0.0156. The number of carbonyl (C=O) groups is 3. The van der Waals surface area contributed by atoms with Crippen molar-refractivity contribution in [1.82, 2.24) is 5.32 Å². The number of carbonyl (C=O) groups excluding carboxylic acids is 2. The Labute approximate surface area is 112 Å². The van der Waals surface area contributed by atoms with E-state index in [0.717, 1.165) is 12.1 Å². The smallest absolute Gasteiger partial charge is 0.404 e. The number of urea groups is 1. The van der Waals surface area contributed by atoms with Crippen LogP contribution >= 0.6 is 0 Å². The molecule has 0 spiro atoms. The molecule has 0 heterocycles. The molecule has 0 saturated heterocycles. The summed E-state index contributed by atoms with van der Waals surface area (Å²) >= 11 is 0. The van der Waals surface area contributed by atoms with Crippen molar-refractivity contribution in [3.63, 3.8) is 0 Å². The van der Waals surface area contributed by atoms with Crippen LogP contribution in [0, 0.1) is 5.82 Å². The molecule has 0 atom stereocenters. The van der Waals surface area contributed by atoms with Crippen molar-refractivity contribution in [2.45, 2.75) is 0 Å². The van der Waals surface area contributed by atoms with E-state index in [1.165, 1.54) is 6.07 Å². The molecule has 0 radical (unpaired) electrons. The molecule has 1 rings (SSSR count). The first-order chi connectivity index (χ1) is 9.40. The van der Waals surface area contributed by atoms with Crippen molar-refractivity contribution >= 4 is 23.8 Å². The normalized spacial score (nSPS) is 9.65. The third-order valence-electron chi connectivity index (χ3n) is 2.09. The fraction of sp³-hybridized carbons (Fsp3) is 0.182. The second-order valence-electron chi connectivity index (χ2n) is 3.55. The number of aromatic carboxylic acids is 1. The van der Waals surface area contributed by atoms with Crippen LogP contribution in [0.3, 0.4) is 0 Å². The van der Waals surface area contributed by atoms with Crippen molar-refractivity contribution in [2.24, 2.45) is 5.73 Å². The van der Waals surface area contributed by atoms with Gasteiger partial charge in [-0.15, -0.1) is 0 Å². The summed E-state index contributed by atoms with van der Waals surface area (Å²) in [4.78, 5) is 32.3. The minimum atomic E-state index is -1.44. The van der Waals surface area contributed by atoms with Gasteiger partial charge in [-0.1, -0.05) is 0 Å². The van der Waals surface area contributed by atoms with E-state index in [4.69, 9.17) is 10.8 Å². The molecule has 5 N–H and O–H groups in total. The van der Waals surface area contributed by atoms with E-state index in [2.05, 4.69) is 15.4 Å². The highest BCUT2D eigenvalue weighted by Crippen LogP contribution is 2.14. The maximum absolute atomic E-state index is 13.1. The number of amides is 3. The Morgan fingerprint density at radius 1 is 1.35 bits per heavy atom. The minimum Gasteiger partial charge on any atom is -0.478 e. The molecule has 0 unspecified atom stereocenters. The number of halogens is 1. The molecule has 0 aliphatic carbocycles. The van der Waals surface area contributed by atoms with Crippen LogP contribution < -0.4 is 16.4 Å². The number of hydrogen-bond donors (Lipinski definition) is 4. The molecule has 0 bridgehead atoms. The molecule has 0 aliphatic rings. The first kappa shape index (κ1) is 15.2. The Hall–Kier alpha value is -2.84. The highest BCUT2D eigenvalue weighted by molar-refractivity contribution is 5.93. The predicted octanol–water partition coefficient (Wildman–Crippen LogP) is 0.741. The number of hydrogen-bond acceptors (Lipinski definition) is 4. The molecule has 20 heavy (non-hydrogen) atoms. The summed E-state index contributed by atoms with van der Waals surface area (Å²) in [7, 11) is 0. The lowest BCUT2D eigenvalue weighted by Crippen LogP contribution is -2.32. The second-order valence-corrected chi connectivity index (χ2v) is 3.55. The Morgan fingerprint density at radius 2 is 2.05 bits per heavy atom. The van der Waals surface area contributed by atoms with Crippen molar-refractivity contribution in [1.29, 1.82) is 0 Å². The molecule has 9 heteroatoms. The van der Waals surface area contributed by atoms with Crippen LogP contribution in [0.15, 0.2) is 18.2 Å². The molecule has 8 nitrogen and oxygen atoms in total. The molecule has 0 saturated carbocycles. The second kappa shape index (κ2) is 6.92. The van der Waals surface area contributed by atoms with Gasteiger partial charge in [0.25, 0.3) is 0 Å². The molecule has 1 aromatic carbocycles. The van der Waals surface area contributed by atoms with Gasteiger partial charge in [-0.3, -0.25) is 0 Å². The summed E-state index contributed by atoms with van der Waals surface area (Å²) in [5.74, 6) is -2.35. The van der Waals surface area contributed by atoms with Crippen LogP contribution in [-0.4, -0.2) is 36.4 Å². The lowest BCUT2D eigenvalue weighted by atomic mass is 10.2. The Kier molecular flexibility index (Phi) is 5.27. The molecule has 0 aliphatic heterocycles. The zero-order valence-corrected chi connectivity index (χ0v) is 10.2. The Balaban J connectivity index is 2.52. The zero-order chi connectivity index (χ0) is 15.1. The maximum atomic E-state index is 13.1. The van der Waals surface area contributed by atoms with E-state index in [1.807, 2.05) is 0 Å². The van der Waals surface area contributed by atoms with Crippen molar-refractivity contribution in [3.8, 4) is 0 Å². The lowest BCUT2D eigenvalue weighted by molar-refractivity contribution is 0.0692. The highest BCUT2D eigenvalue weighted by atomic mass is 19.1. The fourth-order valence-electron chi connectivity index (χ4n) is 1.26. The van der Waals surface area contributed by atoms with Gasteiger partial charge in [0.1, 0.15) is 12.4 Å². The van der Waals surface area contributed by atoms with E-state index >= 15 is 0 Å². The first-order valence-corrected chi connectivity index (χ1v) is 5.40. The zero-order valence-electron chi connectivity index (χ0n) is 10.2. The number of ether oxygens (including phenoxy) is 1. The SMILES string of the molecule is NC(=O)OCCNC(=O)Nc1ccc(F)c(C(=O)O)c1. The maximum Gasteiger partial charge on any atom is 0.404 e. The van der Waals surface area contributed by atoms with Crippen LogP contribution in [0.5, 0.6) is 0 Å². The predicted molar refractivity (Wildman–Crippen MR) is 65.9 cm³/mol. The van der Waals surface area contributed by atoms with Gasteiger partial charge in [-0.2, -0.15) is 0 Å². The fourth-order valence-corrected chi connectivity index (χ4v) is 1.26. The van der Waals surface area contributed by atoms with E-state index in [0.29, 0.717) is 0 Å². The topological polar surface area (TPSA) is 131 Å². The van der Waals surface area contributed by atoms with Crippen molar-refractivity contribution < 1.29 is 28.6 Å². The third kappa shape index (κ3) is 4.80. The van der Waals surface area contributed by atoms with Gasteiger partial charge in [0.05, 0.1) is 12.1 Å². The Bertz CT molecular complexity index is 535. The number of anilines is 1. The molecule has 108 valence electrons. The van der Waals surface area contributed by atoms with Crippen LogP contribution in [-0.2, 0) is 4.74 Å². The van der Waals surface area contributed by atoms with Gasteiger partial charge in [0.15, 0.2) is 0 Å². The molecular formula is C11H12FN3O5. The largest absolute Gasteiger partial charge is 0.478 e. The van der Waals surface area contributed by atoms with Crippen molar-refractivity contribution in [3.05, 3.63) is 29.6 Å². The van der Waals surface area contributed by atoms with E-state index in [-0.39, 0.29) is 18.8 Å². The molecule has 3 amide bonds. The van der Waals surface area contributed by atoms with E-state index in [9.17, 15) is 18.8 Å². The number of nitrogens with two attached hydrogens (primary N) is 1. The summed E-state index contributed by atoms with van der Waals surface area (Å²) in [5.41, 5.74) is 4.26. The Morgan fingerprint density at radius 3 is 2.65 bits per heavy atom. The first-order valence-electron chi connectivity index (χ1n) is 5.40. The van der Waals surface area contributed by atoms with E-state index < -0.39 is 29.5 Å². The molecular weight excluding hydrogens is 273 g/mol. The average Bonchev–Trinajstić information content (AvgIpc) is 2.36. The van der Waals surface area contributed by atoms with Gasteiger partial charge >= 0.3 is 18.1 Å². The number of primary amides is 1. The highest BCUT2D eigenvalue weighted by Gasteiger charge is 2.11. The lowest BCUT2D eigenvalue weighted by Gasteiger charge is -2.08. The molecule has 0 fully saturated rings. The summed E-state index contributed by atoms with van der Waals surface area (Å²) in [6.07, 6.45) is -0.961. The number of carboxylic acids is 1. The van der Waals surface area contributed by atoms with Gasteiger partial charge < -0.3 is 26.2 Å². The molecule has 0 aromatic heterocycles. The van der Waals surface area contributed by atoms with Gasteiger partial charge in [-0.25, -0.2) is 18.8 Å². The van der Waals surface area contributed by atoms with Crippen molar-refractivity contribution in [2.75, 3.05) is 18.5 Å². The number of rotatable bonds is 5. The summed E-state index contributed by atoms with van der Waals surface area (Å²) in [6.45, 7) is -0.0890. The van der Waals surface area contributed by atoms with Gasteiger partial charge in [0.2, 0.25) is 0 Å². The summed E-state index contributed by atoms with van der Waals surface area (Å²) in [5, 5.41) is 13.3. The van der Waals surface area contributed by atoms with Gasteiger partial charge in [-0.05, 0) is 18.2 Å². The number of benzene rings is 1. The summed E-state index contributed by atoms with van der Waals surface area (Å²) < 4.78 is 17.5. The quantitative estimate of drug-likeness (QED) is 0.593. The monoisotopic (exact) mass is 285 g/mol. The van der Waals surface area contributed by atoms with E-state index in [1.54, 1.807) is 0 Å². The molecule has 1 aromatic rings. The van der Waals surface area contributed by atoms with Gasteiger partial charge in [0, 0.05) is 5.69 Å². The standard InChI is InChI=1S/C11H12FN3O5/c12-8-2-1-6(5-7(8)9(16)17)15-11(19)14-3-4-20-10(13)18/h1-2,5H,3-4H2,(H2,13,18)(H,16,17)(H2,14,15,19). The number of carboxylic acid groups (broad SMARTS) is 1. The van der Waals surface area contributed by atoms with Crippen LogP contribution in [0.4, 0.5) is 19.7 Å². The number of nitrogens with one attached hydrogen (secondary N) is 2. The summed E-state index contributed by atoms with van der Waals surface area (Å²) in [6, 6.07) is 2.45. The average molecular weight is 285 g/mol. The van der Waals surface area contributed by atoms with Crippen LogP contribution in [0.1, 0.15) is 10.4 Å². The van der Waals surface area contributed by atoms with Crippen LogP contribution in [0.25, 0.3) is 0 Å². The third-order valence-corrected chi connectivity index (χ3v) is 2.09.